The number of fused-ring (bicyclic) bond motifs is 1. The maximum Gasteiger partial charge on any atom is 0.0817 e. The van der Waals surface area contributed by atoms with Crippen LogP contribution in [0.1, 0.15) is 0 Å². The van der Waals surface area contributed by atoms with Crippen molar-refractivity contribution in [2.45, 2.75) is 19.1 Å². The van der Waals surface area contributed by atoms with Crippen molar-refractivity contribution >= 4 is 19.3 Å². The van der Waals surface area contributed by atoms with E-state index in [-0.39, 0.29) is 0 Å². The molecule has 1 nitrogen and oxygen atoms in total. The average Bonchev–Trinajstić information content (AvgIpc) is 2.92. The summed E-state index contributed by atoms with van der Waals surface area (Å²) in [5.41, 5.74) is 2.62. The van der Waals surface area contributed by atoms with Crippen LogP contribution in [0.2, 0.25) is 13.1 Å². The Morgan fingerprint density at radius 3 is 2.56 bits per heavy atom. The van der Waals surface area contributed by atoms with Gasteiger partial charge in [0.1, 0.15) is 0 Å². The predicted molar refractivity (Wildman–Crippen MR) is 72.7 cm³/mol. The van der Waals surface area contributed by atoms with Gasteiger partial charge >= 0.3 is 0 Å². The molecule has 80 valence electrons. The summed E-state index contributed by atoms with van der Waals surface area (Å²) in [4.78, 5) is 4.88. The van der Waals surface area contributed by atoms with Crippen molar-refractivity contribution < 1.29 is 0 Å². The molecule has 16 heavy (non-hydrogen) atoms. The molecule has 0 spiro atoms. The van der Waals surface area contributed by atoms with Crippen LogP contribution in [0, 0.1) is 5.92 Å². The second-order valence-corrected chi connectivity index (χ2v) is 7.20. The first-order valence-corrected chi connectivity index (χ1v) is 8.26. The van der Waals surface area contributed by atoms with Gasteiger partial charge in [0.15, 0.2) is 0 Å². The lowest BCUT2D eigenvalue weighted by Crippen LogP contribution is -2.27. The van der Waals surface area contributed by atoms with E-state index in [0.29, 0.717) is 12.0 Å². The van der Waals surface area contributed by atoms with E-state index >= 15 is 0 Å². The van der Waals surface area contributed by atoms with Gasteiger partial charge in [0.25, 0.3) is 0 Å². The Kier molecular flexibility index (Phi) is 2.25. The van der Waals surface area contributed by atoms with Crippen LogP contribution < -0.4 is 0 Å². The van der Waals surface area contributed by atoms with E-state index in [0.717, 1.165) is 0 Å². The van der Waals surface area contributed by atoms with Crippen LogP contribution in [0.3, 0.4) is 0 Å². The smallest absolute Gasteiger partial charge is 0.0817 e. The summed E-state index contributed by atoms with van der Waals surface area (Å²) >= 11 is 0. The molecule has 0 aromatic carbocycles. The molecule has 3 rings (SSSR count). The predicted octanol–water partition coefficient (Wildman–Crippen LogP) is 2.56. The molecular weight excluding hydrogens is 210 g/mol. The van der Waals surface area contributed by atoms with Gasteiger partial charge in [-0.25, -0.2) is 0 Å². The molecule has 1 atom stereocenters. The Bertz CT molecular complexity index is 499. The zero-order valence-electron chi connectivity index (χ0n) is 9.64. The minimum Gasteiger partial charge on any atom is -0.276 e. The van der Waals surface area contributed by atoms with Gasteiger partial charge in [-0.3, -0.25) is 4.99 Å². The summed E-state index contributed by atoms with van der Waals surface area (Å²) in [6.45, 7) is 4.74. The van der Waals surface area contributed by atoms with Crippen molar-refractivity contribution in [2.24, 2.45) is 10.9 Å². The van der Waals surface area contributed by atoms with Gasteiger partial charge in [-0.15, -0.1) is 0 Å². The quantitative estimate of drug-likeness (QED) is 0.608. The lowest BCUT2D eigenvalue weighted by Gasteiger charge is -2.16. The summed E-state index contributed by atoms with van der Waals surface area (Å²) in [6, 6.07) is 0.380. The van der Waals surface area contributed by atoms with E-state index in [1.54, 1.807) is 5.17 Å². The Labute approximate surface area is 97.8 Å². The van der Waals surface area contributed by atoms with Gasteiger partial charge in [-0.05, 0) is 11.2 Å². The minimum absolute atomic E-state index is 0.380. The summed E-state index contributed by atoms with van der Waals surface area (Å²) in [6.07, 6.45) is 15.3. The molecule has 2 heteroatoms. The molecule has 0 radical (unpaired) electrons. The van der Waals surface area contributed by atoms with Crippen LogP contribution in [0.5, 0.6) is 0 Å². The molecule has 0 saturated carbocycles. The highest BCUT2D eigenvalue weighted by Crippen LogP contribution is 2.29. The van der Waals surface area contributed by atoms with Crippen molar-refractivity contribution in [3.05, 3.63) is 48.1 Å². The molecule has 0 N–H and O–H groups in total. The summed E-state index contributed by atoms with van der Waals surface area (Å²) in [7, 11) is -0.424. The van der Waals surface area contributed by atoms with Crippen molar-refractivity contribution in [2.75, 3.05) is 0 Å². The van der Waals surface area contributed by atoms with E-state index in [9.17, 15) is 0 Å². The van der Waals surface area contributed by atoms with E-state index in [4.69, 9.17) is 4.99 Å². The second-order valence-electron chi connectivity index (χ2n) is 4.66. The SMILES string of the molecule is C[Si](C)=C1C2=CC=CC2=NC1C1C=CC=C1. The second kappa shape index (κ2) is 3.63. The van der Waals surface area contributed by atoms with E-state index in [1.165, 1.54) is 11.3 Å². The summed E-state index contributed by atoms with van der Waals surface area (Å²) in [5.74, 6) is 0.488. The van der Waals surface area contributed by atoms with Crippen LogP contribution >= 0.6 is 0 Å². The van der Waals surface area contributed by atoms with Gasteiger partial charge in [0, 0.05) is 19.9 Å². The summed E-state index contributed by atoms with van der Waals surface area (Å²) in [5, 5.41) is 1.60. The maximum atomic E-state index is 4.88. The molecule has 0 amide bonds. The highest BCUT2D eigenvalue weighted by Gasteiger charge is 2.32. The van der Waals surface area contributed by atoms with E-state index < -0.39 is 8.41 Å². The Morgan fingerprint density at radius 2 is 1.88 bits per heavy atom. The molecule has 0 fully saturated rings. The third-order valence-electron chi connectivity index (χ3n) is 3.34. The third kappa shape index (κ3) is 1.37. The van der Waals surface area contributed by atoms with Gasteiger partial charge in [0.2, 0.25) is 0 Å². The molecule has 1 aliphatic heterocycles. The Morgan fingerprint density at radius 1 is 1.12 bits per heavy atom. The Balaban J connectivity index is 2.06. The third-order valence-corrected chi connectivity index (χ3v) is 4.98. The fraction of sp³-hybridized carbons (Fsp3) is 0.286. The van der Waals surface area contributed by atoms with Crippen molar-refractivity contribution in [1.82, 2.24) is 0 Å². The summed E-state index contributed by atoms with van der Waals surface area (Å²) < 4.78 is 0. The number of aliphatic imine (C=N–C) groups is 1. The van der Waals surface area contributed by atoms with E-state index in [1.807, 2.05) is 0 Å². The van der Waals surface area contributed by atoms with Crippen molar-refractivity contribution in [1.29, 1.82) is 0 Å². The topological polar surface area (TPSA) is 12.4 Å². The number of hydrogen-bond donors (Lipinski definition) is 0. The maximum absolute atomic E-state index is 4.88. The largest absolute Gasteiger partial charge is 0.276 e. The molecule has 0 saturated heterocycles. The molecule has 3 aliphatic rings. The van der Waals surface area contributed by atoms with Crippen LogP contribution in [0.25, 0.3) is 0 Å². The molecule has 1 unspecified atom stereocenters. The standard InChI is InChI=1S/C14H15NSi/c1-16(2)14-11-8-5-9-12(11)15-13(14)10-6-3-4-7-10/h3-10,13H,1-2H3. The first-order chi connectivity index (χ1) is 7.77. The fourth-order valence-corrected chi connectivity index (χ4v) is 4.23. The number of hydrogen-bond acceptors (Lipinski definition) is 1. The average molecular weight is 225 g/mol. The number of allylic oxidation sites excluding steroid dienone is 5. The van der Waals surface area contributed by atoms with Gasteiger partial charge in [-0.1, -0.05) is 49.6 Å². The minimum atomic E-state index is -0.424. The van der Waals surface area contributed by atoms with Crippen LogP contribution in [0.15, 0.2) is 53.1 Å². The highest BCUT2D eigenvalue weighted by atomic mass is 28.2. The molecular formula is C14H15NSi. The molecule has 2 aliphatic carbocycles. The van der Waals surface area contributed by atoms with Crippen LogP contribution in [-0.2, 0) is 0 Å². The fourth-order valence-electron chi connectivity index (χ4n) is 2.63. The molecule has 0 aromatic heterocycles. The zero-order chi connectivity index (χ0) is 11.1. The lowest BCUT2D eigenvalue weighted by molar-refractivity contribution is 0.751. The van der Waals surface area contributed by atoms with Gasteiger partial charge in [-0.2, -0.15) is 0 Å². The van der Waals surface area contributed by atoms with Crippen molar-refractivity contribution in [3.8, 4) is 0 Å². The molecule has 0 bridgehead atoms. The lowest BCUT2D eigenvalue weighted by atomic mass is 9.97. The molecule has 0 aromatic rings. The van der Waals surface area contributed by atoms with Crippen LogP contribution in [-0.4, -0.2) is 25.3 Å². The van der Waals surface area contributed by atoms with E-state index in [2.05, 4.69) is 55.6 Å². The number of rotatable bonds is 1. The normalized spacial score (nSPS) is 26.4. The zero-order valence-corrected chi connectivity index (χ0v) is 10.6. The first kappa shape index (κ1) is 9.91. The molecule has 1 heterocycles. The monoisotopic (exact) mass is 225 g/mol. The van der Waals surface area contributed by atoms with Gasteiger partial charge in [0.05, 0.1) is 11.8 Å². The van der Waals surface area contributed by atoms with Gasteiger partial charge < -0.3 is 0 Å². The first-order valence-electron chi connectivity index (χ1n) is 5.76. The highest BCUT2D eigenvalue weighted by molar-refractivity contribution is 6.76. The van der Waals surface area contributed by atoms with Crippen LogP contribution in [0.4, 0.5) is 0 Å². The number of nitrogens with zero attached hydrogens (tertiary/aromatic N) is 1. The van der Waals surface area contributed by atoms with Crippen molar-refractivity contribution in [3.63, 3.8) is 0 Å². The Hall–Kier alpha value is -1.28.